The highest BCUT2D eigenvalue weighted by molar-refractivity contribution is 5.85. The molecule has 0 saturated carbocycles. The molecule has 0 amide bonds. The topological polar surface area (TPSA) is 54.4 Å². The van der Waals surface area contributed by atoms with Crippen LogP contribution in [-0.2, 0) is 15.0 Å². The third-order valence-corrected chi connectivity index (χ3v) is 2.97. The smallest absolute Gasteiger partial charge is 0.311 e. The van der Waals surface area contributed by atoms with E-state index in [-0.39, 0.29) is 17.6 Å². The standard InChI is InChI=1S/C15H20O3/c1-10(16)9-13(14(17)18)11-5-7-12(8-6-11)15(2,3)4/h5-8,13H,9H2,1-4H3,(H,17,18). The summed E-state index contributed by atoms with van der Waals surface area (Å²) in [6.07, 6.45) is 0.0458. The van der Waals surface area contributed by atoms with Crippen molar-refractivity contribution < 1.29 is 14.7 Å². The predicted octanol–water partition coefficient (Wildman–Crippen LogP) is 3.13. The van der Waals surface area contributed by atoms with E-state index in [9.17, 15) is 9.59 Å². The molecule has 0 aliphatic carbocycles. The largest absolute Gasteiger partial charge is 0.481 e. The highest BCUT2D eigenvalue weighted by Crippen LogP contribution is 2.26. The van der Waals surface area contributed by atoms with E-state index in [0.29, 0.717) is 5.56 Å². The molecule has 0 radical (unpaired) electrons. The zero-order chi connectivity index (χ0) is 13.9. The van der Waals surface area contributed by atoms with Gasteiger partial charge in [-0.15, -0.1) is 0 Å². The Hall–Kier alpha value is -1.64. The lowest BCUT2D eigenvalue weighted by Gasteiger charge is -2.20. The van der Waals surface area contributed by atoms with E-state index in [0.717, 1.165) is 5.56 Å². The van der Waals surface area contributed by atoms with Crippen molar-refractivity contribution in [1.29, 1.82) is 0 Å². The summed E-state index contributed by atoms with van der Waals surface area (Å²) in [6, 6.07) is 7.49. The molecule has 1 rings (SSSR count). The minimum atomic E-state index is -0.950. The van der Waals surface area contributed by atoms with Crippen molar-refractivity contribution in [3.63, 3.8) is 0 Å². The first-order chi connectivity index (χ1) is 8.21. The minimum Gasteiger partial charge on any atom is -0.481 e. The highest BCUT2D eigenvalue weighted by Gasteiger charge is 2.22. The minimum absolute atomic E-state index is 0.0395. The molecule has 1 aromatic carbocycles. The van der Waals surface area contributed by atoms with Gasteiger partial charge in [0.25, 0.3) is 0 Å². The zero-order valence-electron chi connectivity index (χ0n) is 11.4. The van der Waals surface area contributed by atoms with Gasteiger partial charge < -0.3 is 5.11 Å². The second kappa shape index (κ2) is 5.34. The molecule has 0 saturated heterocycles. The number of carbonyl (C=O) groups is 2. The van der Waals surface area contributed by atoms with E-state index >= 15 is 0 Å². The van der Waals surface area contributed by atoms with Crippen LogP contribution in [0.2, 0.25) is 0 Å². The maximum absolute atomic E-state index is 11.2. The summed E-state index contributed by atoms with van der Waals surface area (Å²) in [7, 11) is 0. The number of benzene rings is 1. The number of ketones is 1. The third kappa shape index (κ3) is 3.69. The fourth-order valence-electron chi connectivity index (χ4n) is 1.85. The number of carboxylic acid groups (broad SMARTS) is 1. The van der Waals surface area contributed by atoms with Crippen LogP contribution < -0.4 is 0 Å². The van der Waals surface area contributed by atoms with Crippen molar-refractivity contribution in [2.75, 3.05) is 0 Å². The molecule has 18 heavy (non-hydrogen) atoms. The molecule has 98 valence electrons. The fourth-order valence-corrected chi connectivity index (χ4v) is 1.85. The van der Waals surface area contributed by atoms with Crippen LogP contribution in [0.3, 0.4) is 0 Å². The summed E-state index contributed by atoms with van der Waals surface area (Å²) in [5, 5.41) is 9.15. The molecular formula is C15H20O3. The number of hydrogen-bond donors (Lipinski definition) is 1. The number of Topliss-reactive ketones (excluding diaryl/α,β-unsaturated/α-hetero) is 1. The number of carboxylic acids is 1. The predicted molar refractivity (Wildman–Crippen MR) is 70.8 cm³/mol. The van der Waals surface area contributed by atoms with Gasteiger partial charge in [0.15, 0.2) is 0 Å². The first-order valence-corrected chi connectivity index (χ1v) is 6.04. The van der Waals surface area contributed by atoms with Crippen LogP contribution in [0.25, 0.3) is 0 Å². The first-order valence-electron chi connectivity index (χ1n) is 6.04. The molecule has 0 aliphatic heterocycles. The molecule has 1 N–H and O–H groups in total. The molecule has 3 heteroatoms. The molecule has 1 atom stereocenters. The van der Waals surface area contributed by atoms with Gasteiger partial charge in [-0.3, -0.25) is 9.59 Å². The Labute approximate surface area is 108 Å². The Balaban J connectivity index is 3.01. The lowest BCUT2D eigenvalue weighted by Crippen LogP contribution is -2.16. The highest BCUT2D eigenvalue weighted by atomic mass is 16.4. The van der Waals surface area contributed by atoms with Gasteiger partial charge in [0.1, 0.15) is 5.78 Å². The fraction of sp³-hybridized carbons (Fsp3) is 0.467. The maximum atomic E-state index is 11.2. The van der Waals surface area contributed by atoms with Crippen LogP contribution in [0.4, 0.5) is 0 Å². The monoisotopic (exact) mass is 248 g/mol. The molecule has 0 spiro atoms. The maximum Gasteiger partial charge on any atom is 0.311 e. The molecule has 0 fully saturated rings. The van der Waals surface area contributed by atoms with Crippen molar-refractivity contribution in [1.82, 2.24) is 0 Å². The van der Waals surface area contributed by atoms with Gasteiger partial charge in [-0.2, -0.15) is 0 Å². The Kier molecular flexibility index (Phi) is 4.28. The zero-order valence-corrected chi connectivity index (χ0v) is 11.4. The molecule has 0 bridgehead atoms. The van der Waals surface area contributed by atoms with E-state index in [1.807, 2.05) is 24.3 Å². The van der Waals surface area contributed by atoms with Gasteiger partial charge in [0.05, 0.1) is 5.92 Å². The Morgan fingerprint density at radius 1 is 1.17 bits per heavy atom. The quantitative estimate of drug-likeness (QED) is 0.890. The van der Waals surface area contributed by atoms with Crippen molar-refractivity contribution >= 4 is 11.8 Å². The molecule has 1 aromatic rings. The van der Waals surface area contributed by atoms with Gasteiger partial charge in [0.2, 0.25) is 0 Å². The normalized spacial score (nSPS) is 13.1. The summed E-state index contributed by atoms with van der Waals surface area (Å²) >= 11 is 0. The van der Waals surface area contributed by atoms with Crippen LogP contribution in [0, 0.1) is 0 Å². The summed E-state index contributed by atoms with van der Waals surface area (Å²) in [5.41, 5.74) is 1.88. The number of aliphatic carboxylic acids is 1. The van der Waals surface area contributed by atoms with E-state index in [1.54, 1.807) is 0 Å². The summed E-state index contributed by atoms with van der Waals surface area (Å²) in [5.74, 6) is -1.80. The summed E-state index contributed by atoms with van der Waals surface area (Å²) in [6.45, 7) is 7.73. The van der Waals surface area contributed by atoms with Gasteiger partial charge >= 0.3 is 5.97 Å². The van der Waals surface area contributed by atoms with Crippen LogP contribution in [0.5, 0.6) is 0 Å². The van der Waals surface area contributed by atoms with E-state index in [1.165, 1.54) is 6.92 Å². The van der Waals surface area contributed by atoms with Crippen molar-refractivity contribution in [2.45, 2.75) is 45.4 Å². The lowest BCUT2D eigenvalue weighted by atomic mass is 9.85. The van der Waals surface area contributed by atoms with Crippen molar-refractivity contribution in [3.05, 3.63) is 35.4 Å². The Bertz CT molecular complexity index is 438. The Morgan fingerprint density at radius 3 is 2.00 bits per heavy atom. The number of carbonyl (C=O) groups excluding carboxylic acids is 1. The molecule has 0 heterocycles. The summed E-state index contributed by atoms with van der Waals surface area (Å²) < 4.78 is 0. The summed E-state index contributed by atoms with van der Waals surface area (Å²) in [4.78, 5) is 22.3. The SMILES string of the molecule is CC(=O)CC(C(=O)O)c1ccc(C(C)(C)C)cc1. The Morgan fingerprint density at radius 2 is 1.67 bits per heavy atom. The van der Waals surface area contributed by atoms with Crippen LogP contribution in [0.15, 0.2) is 24.3 Å². The van der Waals surface area contributed by atoms with E-state index in [4.69, 9.17) is 5.11 Å². The number of hydrogen-bond acceptors (Lipinski definition) is 2. The average molecular weight is 248 g/mol. The molecule has 1 unspecified atom stereocenters. The van der Waals surface area contributed by atoms with Crippen LogP contribution >= 0.6 is 0 Å². The van der Waals surface area contributed by atoms with Gasteiger partial charge in [-0.05, 0) is 23.5 Å². The third-order valence-electron chi connectivity index (χ3n) is 2.97. The van der Waals surface area contributed by atoms with E-state index < -0.39 is 11.9 Å². The number of rotatable bonds is 4. The second-order valence-electron chi connectivity index (χ2n) is 5.67. The van der Waals surface area contributed by atoms with Gasteiger partial charge in [-0.1, -0.05) is 45.0 Å². The average Bonchev–Trinajstić information content (AvgIpc) is 2.24. The second-order valence-corrected chi connectivity index (χ2v) is 5.67. The van der Waals surface area contributed by atoms with Crippen molar-refractivity contribution in [3.8, 4) is 0 Å². The van der Waals surface area contributed by atoms with Crippen molar-refractivity contribution in [2.24, 2.45) is 0 Å². The van der Waals surface area contributed by atoms with E-state index in [2.05, 4.69) is 20.8 Å². The lowest BCUT2D eigenvalue weighted by molar-refractivity contribution is -0.140. The first kappa shape index (κ1) is 14.4. The molecule has 0 aliphatic rings. The van der Waals surface area contributed by atoms with Gasteiger partial charge in [0, 0.05) is 6.42 Å². The van der Waals surface area contributed by atoms with Crippen LogP contribution in [0.1, 0.15) is 51.2 Å². The van der Waals surface area contributed by atoms with Crippen LogP contribution in [-0.4, -0.2) is 16.9 Å². The molecule has 3 nitrogen and oxygen atoms in total. The molecular weight excluding hydrogens is 228 g/mol. The molecule has 0 aromatic heterocycles. The van der Waals surface area contributed by atoms with Gasteiger partial charge in [-0.25, -0.2) is 0 Å².